The summed E-state index contributed by atoms with van der Waals surface area (Å²) in [6.07, 6.45) is 3.37. The van der Waals surface area contributed by atoms with E-state index in [2.05, 4.69) is 4.90 Å². The number of rotatable bonds is 12. The molecule has 41 heavy (non-hydrogen) atoms. The lowest BCUT2D eigenvalue weighted by Crippen LogP contribution is -2.40. The molecule has 0 bridgehead atoms. The Hall–Kier alpha value is -3.01. The van der Waals surface area contributed by atoms with Gasteiger partial charge in [-0.15, -0.1) is 0 Å². The number of carbonyl (C=O) groups is 1. The van der Waals surface area contributed by atoms with E-state index in [0.717, 1.165) is 62.9 Å². The number of hydrogen-bond acceptors (Lipinski definition) is 8. The molecule has 2 heterocycles. The molecule has 0 unspecified atom stereocenters. The van der Waals surface area contributed by atoms with Gasteiger partial charge in [-0.3, -0.25) is 4.79 Å². The fourth-order valence-electron chi connectivity index (χ4n) is 6.37. The van der Waals surface area contributed by atoms with Crippen molar-refractivity contribution in [1.29, 1.82) is 0 Å². The summed E-state index contributed by atoms with van der Waals surface area (Å²) in [6.45, 7) is 3.99. The highest BCUT2D eigenvalue weighted by atomic mass is 16.5. The number of aliphatic hydroxyl groups is 2. The van der Waals surface area contributed by atoms with Crippen LogP contribution in [0.5, 0.6) is 23.0 Å². The molecule has 9 nitrogen and oxygen atoms in total. The SMILES string of the molecule is COc1cccc([C@H](O)C2CCN(CCCC(=O)N3CCC([C@@H](O)c4cccc(OC)c4OC)CC3)CC2)c1OC. The lowest BCUT2D eigenvalue weighted by atomic mass is 9.86. The fourth-order valence-corrected chi connectivity index (χ4v) is 6.37. The highest BCUT2D eigenvalue weighted by molar-refractivity contribution is 5.76. The third kappa shape index (κ3) is 7.26. The molecule has 0 aliphatic carbocycles. The molecule has 2 N–H and O–H groups in total. The van der Waals surface area contributed by atoms with Gasteiger partial charge in [0, 0.05) is 30.6 Å². The summed E-state index contributed by atoms with van der Waals surface area (Å²) < 4.78 is 21.8. The molecule has 2 fully saturated rings. The van der Waals surface area contributed by atoms with Crippen LogP contribution in [0.15, 0.2) is 36.4 Å². The van der Waals surface area contributed by atoms with Crippen LogP contribution in [-0.2, 0) is 4.79 Å². The van der Waals surface area contributed by atoms with Crippen molar-refractivity contribution in [1.82, 2.24) is 9.80 Å². The Kier molecular flexibility index (Phi) is 11.1. The minimum atomic E-state index is -0.663. The van der Waals surface area contributed by atoms with Crippen molar-refractivity contribution in [3.8, 4) is 23.0 Å². The maximum Gasteiger partial charge on any atom is 0.222 e. The van der Waals surface area contributed by atoms with E-state index < -0.39 is 12.2 Å². The molecular formula is C32H46N2O7. The third-order valence-electron chi connectivity index (χ3n) is 8.79. The van der Waals surface area contributed by atoms with E-state index in [4.69, 9.17) is 18.9 Å². The Balaban J connectivity index is 1.18. The molecule has 2 aliphatic heterocycles. The van der Waals surface area contributed by atoms with Crippen LogP contribution < -0.4 is 18.9 Å². The first kappa shape index (κ1) is 30.9. The number of carbonyl (C=O) groups excluding carboxylic acids is 1. The van der Waals surface area contributed by atoms with Gasteiger partial charge in [-0.1, -0.05) is 24.3 Å². The van der Waals surface area contributed by atoms with Gasteiger partial charge in [0.15, 0.2) is 23.0 Å². The van der Waals surface area contributed by atoms with Crippen LogP contribution in [-0.4, -0.2) is 87.1 Å². The lowest BCUT2D eigenvalue weighted by Gasteiger charge is -2.36. The van der Waals surface area contributed by atoms with Gasteiger partial charge in [0.2, 0.25) is 5.91 Å². The quantitative estimate of drug-likeness (QED) is 0.391. The molecular weight excluding hydrogens is 524 g/mol. The fraction of sp³-hybridized carbons (Fsp3) is 0.594. The smallest absolute Gasteiger partial charge is 0.222 e. The van der Waals surface area contributed by atoms with Gasteiger partial charge in [-0.05, 0) is 75.7 Å². The van der Waals surface area contributed by atoms with Crippen molar-refractivity contribution in [3.05, 3.63) is 47.5 Å². The van der Waals surface area contributed by atoms with Gasteiger partial charge < -0.3 is 39.0 Å². The number of hydrogen-bond donors (Lipinski definition) is 2. The van der Waals surface area contributed by atoms with Crippen molar-refractivity contribution < 1.29 is 34.0 Å². The molecule has 2 aromatic carbocycles. The molecule has 226 valence electrons. The number of aliphatic hydroxyl groups excluding tert-OH is 2. The van der Waals surface area contributed by atoms with Gasteiger partial charge in [0.05, 0.1) is 40.6 Å². The molecule has 0 aromatic heterocycles. The van der Waals surface area contributed by atoms with E-state index in [0.29, 0.717) is 42.5 Å². The Bertz CT molecular complexity index is 1130. The first-order valence-electron chi connectivity index (χ1n) is 14.7. The number of para-hydroxylation sites is 2. The van der Waals surface area contributed by atoms with Crippen molar-refractivity contribution in [3.63, 3.8) is 0 Å². The zero-order chi connectivity index (χ0) is 29.4. The molecule has 1 amide bonds. The minimum absolute atomic E-state index is 0.0636. The summed E-state index contributed by atoms with van der Waals surface area (Å²) in [7, 11) is 6.38. The maximum absolute atomic E-state index is 12.9. The average molecular weight is 571 g/mol. The van der Waals surface area contributed by atoms with Crippen molar-refractivity contribution in [2.75, 3.05) is 61.2 Å². The molecule has 9 heteroatoms. The van der Waals surface area contributed by atoms with Crippen LogP contribution in [0, 0.1) is 11.8 Å². The van der Waals surface area contributed by atoms with E-state index in [-0.39, 0.29) is 17.7 Å². The van der Waals surface area contributed by atoms with Gasteiger partial charge >= 0.3 is 0 Å². The molecule has 2 saturated heterocycles. The largest absolute Gasteiger partial charge is 0.493 e. The maximum atomic E-state index is 12.9. The molecule has 2 aromatic rings. The van der Waals surface area contributed by atoms with Crippen LogP contribution in [0.25, 0.3) is 0 Å². The first-order chi connectivity index (χ1) is 19.9. The summed E-state index contributed by atoms with van der Waals surface area (Å²) in [6, 6.07) is 11.2. The molecule has 0 spiro atoms. The van der Waals surface area contributed by atoms with Crippen LogP contribution in [0.3, 0.4) is 0 Å². The topological polar surface area (TPSA) is 101 Å². The van der Waals surface area contributed by atoms with Crippen molar-refractivity contribution >= 4 is 5.91 Å². The highest BCUT2D eigenvalue weighted by Crippen LogP contribution is 2.41. The standard InChI is InChI=1S/C32H46N2O7/c1-38-26-10-5-8-24(31(26)40-3)29(36)22-13-18-33(19-14-22)17-7-12-28(35)34-20-15-23(16-21-34)30(37)25-9-6-11-27(39-2)32(25)41-4/h5-6,8-11,22-23,29-30,36-37H,7,12-21H2,1-4H3/t29-,30-/m1/s1. The molecule has 0 radical (unpaired) electrons. The lowest BCUT2D eigenvalue weighted by molar-refractivity contribution is -0.133. The normalized spacial score (nSPS) is 18.5. The van der Waals surface area contributed by atoms with Crippen LogP contribution in [0.2, 0.25) is 0 Å². The Morgan fingerprint density at radius 3 is 1.66 bits per heavy atom. The number of piperidine rings is 2. The number of methoxy groups -OCH3 is 4. The second-order valence-corrected chi connectivity index (χ2v) is 11.1. The number of amides is 1. The van der Waals surface area contributed by atoms with Crippen molar-refractivity contribution in [2.45, 2.75) is 50.7 Å². The Morgan fingerprint density at radius 1 is 0.756 bits per heavy atom. The molecule has 2 aliphatic rings. The number of nitrogens with zero attached hydrogens (tertiary/aromatic N) is 2. The number of benzene rings is 2. The van der Waals surface area contributed by atoms with Crippen LogP contribution in [0.1, 0.15) is 61.9 Å². The molecule has 4 rings (SSSR count). The minimum Gasteiger partial charge on any atom is -0.493 e. The van der Waals surface area contributed by atoms with E-state index >= 15 is 0 Å². The third-order valence-corrected chi connectivity index (χ3v) is 8.79. The summed E-state index contributed by atoms with van der Waals surface area (Å²) >= 11 is 0. The Labute approximate surface area is 243 Å². The monoisotopic (exact) mass is 570 g/mol. The predicted octanol–water partition coefficient (Wildman–Crippen LogP) is 4.22. The van der Waals surface area contributed by atoms with Gasteiger partial charge in [0.1, 0.15) is 0 Å². The van der Waals surface area contributed by atoms with E-state index in [9.17, 15) is 15.0 Å². The second kappa shape index (κ2) is 14.8. The van der Waals surface area contributed by atoms with Crippen molar-refractivity contribution in [2.24, 2.45) is 11.8 Å². The summed E-state index contributed by atoms with van der Waals surface area (Å²) in [5.74, 6) is 2.81. The average Bonchev–Trinajstić information content (AvgIpc) is 3.03. The second-order valence-electron chi connectivity index (χ2n) is 11.1. The molecule has 0 saturated carbocycles. The van der Waals surface area contributed by atoms with Crippen LogP contribution in [0.4, 0.5) is 0 Å². The van der Waals surface area contributed by atoms with Gasteiger partial charge in [0.25, 0.3) is 0 Å². The summed E-state index contributed by atoms with van der Waals surface area (Å²) in [5, 5.41) is 22.2. The van der Waals surface area contributed by atoms with Gasteiger partial charge in [-0.2, -0.15) is 0 Å². The van der Waals surface area contributed by atoms with E-state index in [1.807, 2.05) is 41.3 Å². The summed E-state index contributed by atoms with van der Waals surface area (Å²) in [4.78, 5) is 17.3. The first-order valence-corrected chi connectivity index (χ1v) is 14.7. The molecule has 2 atom stereocenters. The zero-order valence-corrected chi connectivity index (χ0v) is 24.9. The number of likely N-dealkylation sites (tertiary alicyclic amines) is 2. The van der Waals surface area contributed by atoms with E-state index in [1.165, 1.54) is 0 Å². The van der Waals surface area contributed by atoms with Gasteiger partial charge in [-0.25, -0.2) is 0 Å². The Morgan fingerprint density at radius 2 is 1.22 bits per heavy atom. The summed E-state index contributed by atoms with van der Waals surface area (Å²) in [5.41, 5.74) is 1.50. The van der Waals surface area contributed by atoms with Crippen LogP contribution >= 0.6 is 0 Å². The van der Waals surface area contributed by atoms with E-state index in [1.54, 1.807) is 28.4 Å². The predicted molar refractivity (Wildman–Crippen MR) is 157 cm³/mol. The zero-order valence-electron chi connectivity index (χ0n) is 24.9. The number of ether oxygens (including phenoxy) is 4. The highest BCUT2D eigenvalue weighted by Gasteiger charge is 2.31.